The van der Waals surface area contributed by atoms with Crippen molar-refractivity contribution >= 4 is 18.2 Å². The van der Waals surface area contributed by atoms with Gasteiger partial charge in [0.2, 0.25) is 0 Å². The molecule has 0 aromatic carbocycles. The third-order valence-electron chi connectivity index (χ3n) is 6.45. The summed E-state index contributed by atoms with van der Waals surface area (Å²) in [6.07, 6.45) is 15.0. The topological polar surface area (TPSA) is 115 Å². The highest BCUT2D eigenvalue weighted by Crippen LogP contribution is 2.22. The molecule has 222 valence electrons. The predicted octanol–water partition coefficient (Wildman–Crippen LogP) is 5.99. The number of unbranched alkanes of at least 4 members (excludes halogenated alkanes) is 1. The first kappa shape index (κ1) is 34.0. The van der Waals surface area contributed by atoms with Gasteiger partial charge in [-0.1, -0.05) is 38.5 Å². The Labute approximate surface area is 230 Å². The van der Waals surface area contributed by atoms with Gasteiger partial charge in [-0.15, -0.1) is 0 Å². The van der Waals surface area contributed by atoms with Crippen molar-refractivity contribution in [3.05, 3.63) is 0 Å². The molecular weight excluding hydrogens is 486 g/mol. The molecule has 2 amide bonds. The van der Waals surface area contributed by atoms with Crippen LogP contribution in [0.5, 0.6) is 0 Å². The molecule has 0 saturated heterocycles. The second-order valence-electron chi connectivity index (χ2n) is 12.5. The van der Waals surface area contributed by atoms with Crippen molar-refractivity contribution in [2.45, 2.75) is 154 Å². The highest BCUT2D eigenvalue weighted by atomic mass is 16.6. The smallest absolute Gasteiger partial charge is 0.408 e. The number of amides is 2. The molecule has 0 aromatic rings. The summed E-state index contributed by atoms with van der Waals surface area (Å²) in [5.74, 6) is -0.536. The summed E-state index contributed by atoms with van der Waals surface area (Å²) in [5, 5.41) is 9.00. The van der Waals surface area contributed by atoms with E-state index in [4.69, 9.17) is 14.2 Å². The van der Waals surface area contributed by atoms with Gasteiger partial charge in [-0.05, 0) is 86.5 Å². The van der Waals surface area contributed by atoms with E-state index < -0.39 is 35.4 Å². The number of ether oxygens (including phenoxy) is 3. The van der Waals surface area contributed by atoms with E-state index in [1.807, 2.05) is 0 Å². The molecule has 0 unspecified atom stereocenters. The molecule has 38 heavy (non-hydrogen) atoms. The minimum absolute atomic E-state index is 0.377. The van der Waals surface area contributed by atoms with Crippen LogP contribution in [0, 0.1) is 0 Å². The lowest BCUT2D eigenvalue weighted by Crippen LogP contribution is -2.44. The number of esters is 1. The summed E-state index contributed by atoms with van der Waals surface area (Å²) >= 11 is 0. The third-order valence-corrected chi connectivity index (χ3v) is 6.45. The third kappa shape index (κ3) is 17.5. The van der Waals surface area contributed by atoms with Gasteiger partial charge in [0, 0.05) is 18.6 Å². The number of alkyl carbamates (subject to hydrolysis) is 2. The average molecular weight is 542 g/mol. The van der Waals surface area contributed by atoms with Crippen LogP contribution in [-0.4, -0.2) is 61.1 Å². The molecule has 2 aliphatic carbocycles. The van der Waals surface area contributed by atoms with E-state index in [0.29, 0.717) is 25.8 Å². The second kappa shape index (κ2) is 17.5. The van der Waals surface area contributed by atoms with Crippen molar-refractivity contribution in [1.82, 2.24) is 16.0 Å². The van der Waals surface area contributed by atoms with E-state index in [1.54, 1.807) is 41.5 Å². The summed E-state index contributed by atoms with van der Waals surface area (Å²) in [4.78, 5) is 35.1. The van der Waals surface area contributed by atoms with E-state index in [2.05, 4.69) is 16.0 Å². The van der Waals surface area contributed by atoms with E-state index >= 15 is 0 Å². The van der Waals surface area contributed by atoms with Crippen molar-refractivity contribution < 1.29 is 28.6 Å². The van der Waals surface area contributed by atoms with Crippen molar-refractivity contribution in [3.63, 3.8) is 0 Å². The molecule has 0 bridgehead atoms. The normalized spacial score (nSPS) is 17.9. The van der Waals surface area contributed by atoms with E-state index in [0.717, 1.165) is 12.1 Å². The maximum atomic E-state index is 11.8. The summed E-state index contributed by atoms with van der Waals surface area (Å²) in [6.45, 7) is 11.0. The fourth-order valence-electron chi connectivity index (χ4n) is 4.69. The molecule has 3 N–H and O–H groups in total. The van der Waals surface area contributed by atoms with E-state index in [-0.39, 0.29) is 0 Å². The molecule has 0 spiro atoms. The summed E-state index contributed by atoms with van der Waals surface area (Å²) in [6, 6.07) is 0.954. The Morgan fingerprint density at radius 1 is 0.737 bits per heavy atom. The minimum atomic E-state index is -0.790. The van der Waals surface area contributed by atoms with Gasteiger partial charge in [0.25, 0.3) is 0 Å². The van der Waals surface area contributed by atoms with Crippen LogP contribution in [0.25, 0.3) is 0 Å². The Kier molecular flexibility index (Phi) is 15.7. The zero-order valence-corrected chi connectivity index (χ0v) is 25.1. The molecule has 2 fully saturated rings. The molecule has 0 aromatic heterocycles. The molecule has 2 rings (SSSR count). The molecule has 0 aliphatic heterocycles. The molecule has 0 radical (unpaired) electrons. The Morgan fingerprint density at radius 2 is 1.21 bits per heavy atom. The fraction of sp³-hybridized carbons (Fsp3) is 0.897. The molecule has 9 heteroatoms. The number of hydrogen-bond donors (Lipinski definition) is 3. The zero-order valence-electron chi connectivity index (χ0n) is 25.1. The van der Waals surface area contributed by atoms with Gasteiger partial charge >= 0.3 is 18.2 Å². The van der Waals surface area contributed by atoms with Crippen LogP contribution < -0.4 is 16.0 Å². The first-order valence-corrected chi connectivity index (χ1v) is 14.6. The van der Waals surface area contributed by atoms with Gasteiger partial charge in [0.05, 0.1) is 7.11 Å². The zero-order chi connectivity index (χ0) is 28.6. The van der Waals surface area contributed by atoms with Crippen LogP contribution in [0.15, 0.2) is 0 Å². The SMILES string of the molecule is C1CCC(NC2CCCCC2)CC1.COC(=O)[C@H](CCCCNC(=O)OC(C)(C)C)NC(=O)OC(C)(C)C. The van der Waals surface area contributed by atoms with Crippen molar-refractivity contribution in [3.8, 4) is 0 Å². The van der Waals surface area contributed by atoms with Crippen molar-refractivity contribution in [1.29, 1.82) is 0 Å². The molecular formula is C29H55N3O6. The standard InChI is InChI=1S/C17H32N2O6.C12H23N/c1-16(2,3)24-14(21)18-11-9-8-10-12(13(20)23-7)19-15(22)25-17(4,5)6;1-3-7-11(8-4-1)13-12-9-5-2-6-10-12/h12H,8-11H2,1-7H3,(H,18,21)(H,19,22);11-13H,1-10H2/t12-;/m0./s1. The molecule has 2 aliphatic rings. The monoisotopic (exact) mass is 541 g/mol. The Bertz CT molecular complexity index is 673. The highest BCUT2D eigenvalue weighted by Gasteiger charge is 2.25. The van der Waals surface area contributed by atoms with Gasteiger partial charge in [0.15, 0.2) is 0 Å². The van der Waals surface area contributed by atoms with E-state index in [9.17, 15) is 14.4 Å². The second-order valence-corrected chi connectivity index (χ2v) is 12.5. The summed E-state index contributed by atoms with van der Waals surface area (Å²) < 4.78 is 15.0. The largest absolute Gasteiger partial charge is 0.467 e. The van der Waals surface area contributed by atoms with Crippen LogP contribution in [0.4, 0.5) is 9.59 Å². The number of methoxy groups -OCH3 is 1. The molecule has 1 atom stereocenters. The van der Waals surface area contributed by atoms with Gasteiger partial charge in [-0.25, -0.2) is 14.4 Å². The number of hydrogen-bond acceptors (Lipinski definition) is 7. The Balaban J connectivity index is 0.000000457. The lowest BCUT2D eigenvalue weighted by atomic mass is 9.91. The van der Waals surface area contributed by atoms with E-state index in [1.165, 1.54) is 71.3 Å². The van der Waals surface area contributed by atoms with Crippen LogP contribution in [-0.2, 0) is 19.0 Å². The number of rotatable bonds is 9. The average Bonchev–Trinajstić information content (AvgIpc) is 2.82. The van der Waals surface area contributed by atoms with Crippen LogP contribution >= 0.6 is 0 Å². The Hall–Kier alpha value is -2.03. The van der Waals surface area contributed by atoms with Gasteiger partial charge in [-0.3, -0.25) is 0 Å². The van der Waals surface area contributed by atoms with Crippen molar-refractivity contribution in [2.75, 3.05) is 13.7 Å². The maximum Gasteiger partial charge on any atom is 0.408 e. The van der Waals surface area contributed by atoms with Crippen LogP contribution in [0.2, 0.25) is 0 Å². The maximum absolute atomic E-state index is 11.8. The van der Waals surface area contributed by atoms with Gasteiger partial charge in [0.1, 0.15) is 17.2 Å². The first-order valence-electron chi connectivity index (χ1n) is 14.6. The quantitative estimate of drug-likeness (QED) is 0.187. The highest BCUT2D eigenvalue weighted by molar-refractivity contribution is 5.81. The van der Waals surface area contributed by atoms with Gasteiger partial charge in [-0.2, -0.15) is 0 Å². The first-order chi connectivity index (χ1) is 17.8. The summed E-state index contributed by atoms with van der Waals surface area (Å²) in [5.41, 5.74) is -1.19. The number of nitrogens with one attached hydrogen (secondary N) is 3. The minimum Gasteiger partial charge on any atom is -0.467 e. The van der Waals surface area contributed by atoms with Crippen LogP contribution in [0.1, 0.15) is 125 Å². The summed E-state index contributed by atoms with van der Waals surface area (Å²) in [7, 11) is 1.26. The van der Waals surface area contributed by atoms with Gasteiger partial charge < -0.3 is 30.2 Å². The molecule has 0 heterocycles. The number of carbonyl (C=O) groups is 3. The lowest BCUT2D eigenvalue weighted by Gasteiger charge is -2.30. The number of carbonyl (C=O) groups excluding carboxylic acids is 3. The van der Waals surface area contributed by atoms with Crippen LogP contribution in [0.3, 0.4) is 0 Å². The molecule has 9 nitrogen and oxygen atoms in total. The van der Waals surface area contributed by atoms with Crippen molar-refractivity contribution in [2.24, 2.45) is 0 Å². The Morgan fingerprint density at radius 3 is 1.66 bits per heavy atom. The molecule has 2 saturated carbocycles. The fourth-order valence-corrected chi connectivity index (χ4v) is 4.69. The lowest BCUT2D eigenvalue weighted by molar-refractivity contribution is -0.143. The predicted molar refractivity (Wildman–Crippen MR) is 150 cm³/mol.